The van der Waals surface area contributed by atoms with E-state index in [1.54, 1.807) is 10.9 Å². The van der Waals surface area contributed by atoms with Crippen LogP contribution in [0.4, 0.5) is 5.69 Å². The number of carbonyl (C=O) groups is 1. The Morgan fingerprint density at radius 3 is 2.50 bits per heavy atom. The number of hydrogen-bond donors (Lipinski definition) is 1. The van der Waals surface area contributed by atoms with Gasteiger partial charge < -0.3 is 5.32 Å². The van der Waals surface area contributed by atoms with Gasteiger partial charge in [-0.25, -0.2) is 14.6 Å². The predicted octanol–water partition coefficient (Wildman–Crippen LogP) is 6.14. The molecule has 4 rings (SSSR count). The first kappa shape index (κ1) is 21.5. The standard InChI is InChI=1S/C20H14Br3N5OS/c1-11-6-15(22)18(16(23)7-11)27-17(29)9-30-20-14-8-26-28(19(14)24-10-25-20)13-4-2-12(21)3-5-13/h2-8,10H,9H2,1H3,(H,27,29). The number of amides is 1. The van der Waals surface area contributed by atoms with Crippen LogP contribution < -0.4 is 5.32 Å². The Bertz CT molecular complexity index is 1220. The Labute approximate surface area is 202 Å². The minimum atomic E-state index is -0.127. The zero-order valence-electron chi connectivity index (χ0n) is 15.6. The highest BCUT2D eigenvalue weighted by molar-refractivity contribution is 9.11. The molecule has 0 bridgehead atoms. The molecule has 2 aromatic heterocycles. The van der Waals surface area contributed by atoms with Crippen molar-refractivity contribution in [3.05, 3.63) is 67.9 Å². The average molecular weight is 612 g/mol. The Hall–Kier alpha value is -1.75. The van der Waals surface area contributed by atoms with Crippen molar-refractivity contribution >= 4 is 82.2 Å². The molecule has 0 aliphatic heterocycles. The maximum Gasteiger partial charge on any atom is 0.234 e. The first-order valence-corrected chi connectivity index (χ1v) is 12.1. The minimum absolute atomic E-state index is 0.127. The van der Waals surface area contributed by atoms with Crippen LogP contribution in [-0.2, 0) is 4.79 Å². The number of nitrogens with zero attached hydrogens (tertiary/aromatic N) is 4. The zero-order valence-corrected chi connectivity index (χ0v) is 21.1. The van der Waals surface area contributed by atoms with E-state index in [1.165, 1.54) is 18.1 Å². The van der Waals surface area contributed by atoms with Crippen molar-refractivity contribution in [3.63, 3.8) is 0 Å². The number of fused-ring (bicyclic) bond motifs is 1. The Kier molecular flexibility index (Phi) is 6.57. The molecule has 1 N–H and O–H groups in total. The summed E-state index contributed by atoms with van der Waals surface area (Å²) in [5.74, 6) is 0.0832. The molecule has 6 nitrogen and oxygen atoms in total. The molecule has 0 saturated carbocycles. The van der Waals surface area contributed by atoms with E-state index in [0.717, 1.165) is 30.1 Å². The van der Waals surface area contributed by atoms with Gasteiger partial charge in [-0.2, -0.15) is 5.10 Å². The summed E-state index contributed by atoms with van der Waals surface area (Å²) in [5, 5.41) is 8.90. The first-order valence-electron chi connectivity index (χ1n) is 8.75. The lowest BCUT2D eigenvalue weighted by atomic mass is 10.2. The summed E-state index contributed by atoms with van der Waals surface area (Å²) in [6.45, 7) is 1.99. The van der Waals surface area contributed by atoms with Crippen LogP contribution >= 0.6 is 59.6 Å². The number of aryl methyl sites for hydroxylation is 1. The normalized spacial score (nSPS) is 11.1. The van der Waals surface area contributed by atoms with Gasteiger partial charge in [-0.05, 0) is 80.7 Å². The van der Waals surface area contributed by atoms with Gasteiger partial charge in [0.15, 0.2) is 5.65 Å². The van der Waals surface area contributed by atoms with Crippen molar-refractivity contribution in [2.75, 3.05) is 11.1 Å². The maximum absolute atomic E-state index is 12.5. The smallest absolute Gasteiger partial charge is 0.234 e. The van der Waals surface area contributed by atoms with Gasteiger partial charge >= 0.3 is 0 Å². The number of thioether (sulfide) groups is 1. The van der Waals surface area contributed by atoms with Gasteiger partial charge in [0, 0.05) is 13.4 Å². The van der Waals surface area contributed by atoms with Crippen LogP contribution in [0.2, 0.25) is 0 Å². The van der Waals surface area contributed by atoms with Crippen LogP contribution in [0, 0.1) is 6.92 Å². The van der Waals surface area contributed by atoms with Gasteiger partial charge in [-0.3, -0.25) is 4.79 Å². The summed E-state index contributed by atoms with van der Waals surface area (Å²) in [6, 6.07) is 11.7. The van der Waals surface area contributed by atoms with Crippen molar-refractivity contribution in [2.45, 2.75) is 11.9 Å². The molecule has 0 spiro atoms. The van der Waals surface area contributed by atoms with Crippen LogP contribution in [0.15, 0.2) is 67.4 Å². The number of carbonyl (C=O) groups excluding carboxylic acids is 1. The average Bonchev–Trinajstić information content (AvgIpc) is 3.14. The zero-order chi connectivity index (χ0) is 21.3. The predicted molar refractivity (Wildman–Crippen MR) is 130 cm³/mol. The van der Waals surface area contributed by atoms with Crippen molar-refractivity contribution in [2.24, 2.45) is 0 Å². The lowest BCUT2D eigenvalue weighted by Crippen LogP contribution is -2.15. The monoisotopic (exact) mass is 609 g/mol. The lowest BCUT2D eigenvalue weighted by Gasteiger charge is -2.10. The molecule has 1 amide bonds. The van der Waals surface area contributed by atoms with Crippen molar-refractivity contribution in [1.29, 1.82) is 0 Å². The molecule has 4 aromatic rings. The SMILES string of the molecule is Cc1cc(Br)c(NC(=O)CSc2ncnc3c2cnn3-c2ccc(Br)cc2)c(Br)c1. The van der Waals surface area contributed by atoms with Crippen LogP contribution in [-0.4, -0.2) is 31.4 Å². The Morgan fingerprint density at radius 2 is 1.80 bits per heavy atom. The summed E-state index contributed by atoms with van der Waals surface area (Å²) in [6.07, 6.45) is 3.22. The number of hydrogen-bond acceptors (Lipinski definition) is 5. The maximum atomic E-state index is 12.5. The molecular formula is C20H14Br3N5OS. The fraction of sp³-hybridized carbons (Fsp3) is 0.100. The number of rotatable bonds is 5. The second kappa shape index (κ2) is 9.17. The third-order valence-electron chi connectivity index (χ3n) is 4.19. The van der Waals surface area contributed by atoms with Crippen LogP contribution in [0.3, 0.4) is 0 Å². The van der Waals surface area contributed by atoms with E-state index in [2.05, 4.69) is 68.2 Å². The number of anilines is 1. The molecule has 152 valence electrons. The topological polar surface area (TPSA) is 72.7 Å². The molecule has 0 saturated heterocycles. The number of halogens is 3. The summed E-state index contributed by atoms with van der Waals surface area (Å²) >= 11 is 11.8. The van der Waals surface area contributed by atoms with Gasteiger partial charge in [0.1, 0.15) is 11.4 Å². The molecule has 0 radical (unpaired) electrons. The fourth-order valence-corrected chi connectivity index (χ4v) is 5.48. The summed E-state index contributed by atoms with van der Waals surface area (Å²) in [4.78, 5) is 21.3. The van der Waals surface area contributed by atoms with E-state index >= 15 is 0 Å². The van der Waals surface area contributed by atoms with Crippen molar-refractivity contribution < 1.29 is 4.79 Å². The van der Waals surface area contributed by atoms with Crippen LogP contribution in [0.5, 0.6) is 0 Å². The van der Waals surface area contributed by atoms with Gasteiger partial charge in [-0.15, -0.1) is 0 Å². The molecule has 10 heteroatoms. The molecule has 2 heterocycles. The molecule has 0 aliphatic rings. The van der Waals surface area contributed by atoms with E-state index in [-0.39, 0.29) is 11.7 Å². The lowest BCUT2D eigenvalue weighted by molar-refractivity contribution is -0.113. The molecule has 0 aliphatic carbocycles. The van der Waals surface area contributed by atoms with Crippen LogP contribution in [0.25, 0.3) is 16.7 Å². The highest BCUT2D eigenvalue weighted by Crippen LogP contribution is 2.33. The number of benzene rings is 2. The summed E-state index contributed by atoms with van der Waals surface area (Å²) < 4.78 is 4.40. The third kappa shape index (κ3) is 4.61. The van der Waals surface area contributed by atoms with Gasteiger partial charge in [0.25, 0.3) is 0 Å². The van der Waals surface area contributed by atoms with E-state index in [9.17, 15) is 4.79 Å². The third-order valence-corrected chi connectivity index (χ3v) is 6.98. The van der Waals surface area contributed by atoms with Crippen molar-refractivity contribution in [3.8, 4) is 5.69 Å². The van der Waals surface area contributed by atoms with Crippen molar-refractivity contribution in [1.82, 2.24) is 19.7 Å². The molecule has 2 aromatic carbocycles. The molecular weight excluding hydrogens is 598 g/mol. The first-order chi connectivity index (χ1) is 14.4. The Morgan fingerprint density at radius 1 is 1.10 bits per heavy atom. The summed E-state index contributed by atoms with van der Waals surface area (Å²) in [5.41, 5.74) is 3.39. The second-order valence-corrected chi connectivity index (χ2v) is 9.98. The quantitative estimate of drug-likeness (QED) is 0.217. The fourth-order valence-electron chi connectivity index (χ4n) is 2.84. The van der Waals surface area contributed by atoms with E-state index < -0.39 is 0 Å². The van der Waals surface area contributed by atoms with Gasteiger partial charge in [-0.1, -0.05) is 27.7 Å². The number of aromatic nitrogens is 4. The summed E-state index contributed by atoms with van der Waals surface area (Å²) in [7, 11) is 0. The minimum Gasteiger partial charge on any atom is -0.323 e. The number of nitrogens with one attached hydrogen (secondary N) is 1. The van der Waals surface area contributed by atoms with Gasteiger partial charge in [0.05, 0.1) is 28.7 Å². The molecule has 0 fully saturated rings. The van der Waals surface area contributed by atoms with E-state index in [0.29, 0.717) is 16.4 Å². The molecule has 0 atom stereocenters. The van der Waals surface area contributed by atoms with E-state index in [1.807, 2.05) is 43.3 Å². The van der Waals surface area contributed by atoms with Crippen LogP contribution in [0.1, 0.15) is 5.56 Å². The molecule has 0 unspecified atom stereocenters. The highest BCUT2D eigenvalue weighted by Gasteiger charge is 2.15. The second-order valence-electron chi connectivity index (χ2n) is 6.39. The Balaban J connectivity index is 1.52. The van der Waals surface area contributed by atoms with E-state index in [4.69, 9.17) is 0 Å². The largest absolute Gasteiger partial charge is 0.323 e. The molecule has 30 heavy (non-hydrogen) atoms. The van der Waals surface area contributed by atoms with Gasteiger partial charge in [0.2, 0.25) is 5.91 Å². The highest BCUT2D eigenvalue weighted by atomic mass is 79.9.